The van der Waals surface area contributed by atoms with Gasteiger partial charge < -0.3 is 9.80 Å². The van der Waals surface area contributed by atoms with Gasteiger partial charge in [-0.3, -0.25) is 9.48 Å². The summed E-state index contributed by atoms with van der Waals surface area (Å²) in [5.41, 5.74) is 0.647. The first-order chi connectivity index (χ1) is 11.5. The van der Waals surface area contributed by atoms with Crippen molar-refractivity contribution in [1.29, 1.82) is 0 Å². The molecule has 0 atom stereocenters. The number of carbonyl (C=O) groups is 1. The van der Waals surface area contributed by atoms with E-state index in [1.54, 1.807) is 17.1 Å². The number of nitrogens with zero attached hydrogens (tertiary/aromatic N) is 6. The minimum atomic E-state index is 0.0388. The number of amides is 1. The summed E-state index contributed by atoms with van der Waals surface area (Å²) in [5.74, 6) is 2.36. The van der Waals surface area contributed by atoms with Gasteiger partial charge in [0.1, 0.15) is 11.6 Å². The van der Waals surface area contributed by atoms with Crippen molar-refractivity contribution in [1.82, 2.24) is 24.6 Å². The van der Waals surface area contributed by atoms with Crippen molar-refractivity contribution < 1.29 is 4.79 Å². The lowest BCUT2D eigenvalue weighted by atomic mass is 9.96. The van der Waals surface area contributed by atoms with Gasteiger partial charge in [0.05, 0.1) is 11.8 Å². The van der Waals surface area contributed by atoms with Crippen LogP contribution < -0.4 is 4.90 Å². The molecule has 0 bridgehead atoms. The highest BCUT2D eigenvalue weighted by Gasteiger charge is 2.23. The third kappa shape index (κ3) is 3.72. The second kappa shape index (κ2) is 6.98. The molecule has 0 aromatic carbocycles. The van der Waals surface area contributed by atoms with E-state index in [0.29, 0.717) is 11.5 Å². The summed E-state index contributed by atoms with van der Waals surface area (Å²) < 4.78 is 1.66. The fourth-order valence-corrected chi connectivity index (χ4v) is 3.19. The average Bonchev–Trinajstić information content (AvgIpc) is 3.01. The smallest absolute Gasteiger partial charge is 0.256 e. The second-order valence-electron chi connectivity index (χ2n) is 6.48. The molecule has 24 heavy (non-hydrogen) atoms. The maximum absolute atomic E-state index is 12.4. The van der Waals surface area contributed by atoms with Gasteiger partial charge in [-0.1, -0.05) is 0 Å². The summed E-state index contributed by atoms with van der Waals surface area (Å²) in [5, 5.41) is 4.07. The van der Waals surface area contributed by atoms with Gasteiger partial charge in [-0.15, -0.1) is 0 Å². The number of hydrogen-bond acceptors (Lipinski definition) is 5. The van der Waals surface area contributed by atoms with Crippen molar-refractivity contribution in [2.45, 2.75) is 19.8 Å². The van der Waals surface area contributed by atoms with Crippen molar-refractivity contribution in [3.63, 3.8) is 0 Å². The number of aryl methyl sites for hydroxylation is 2. The van der Waals surface area contributed by atoms with Gasteiger partial charge in [0.15, 0.2) is 0 Å². The van der Waals surface area contributed by atoms with Crippen molar-refractivity contribution >= 4 is 11.7 Å². The molecule has 2 aromatic heterocycles. The highest BCUT2D eigenvalue weighted by Crippen LogP contribution is 2.22. The average molecular weight is 328 g/mol. The van der Waals surface area contributed by atoms with E-state index in [0.717, 1.165) is 44.1 Å². The van der Waals surface area contributed by atoms with Gasteiger partial charge in [0.2, 0.25) is 0 Å². The molecule has 0 spiro atoms. The quantitative estimate of drug-likeness (QED) is 0.851. The van der Waals surface area contributed by atoms with Crippen LogP contribution in [0.5, 0.6) is 0 Å². The van der Waals surface area contributed by atoms with Crippen LogP contribution in [0.15, 0.2) is 24.7 Å². The molecule has 7 heteroatoms. The number of piperidine rings is 1. The summed E-state index contributed by atoms with van der Waals surface area (Å²) in [6, 6.07) is 1.96. The molecule has 1 saturated heterocycles. The standard InChI is InChI=1S/C17H24N6O/c1-13-18-7-4-16(20-13)23-8-5-14(6-9-23)11-21(2)17(24)15-10-19-22(3)12-15/h4,7,10,12,14H,5-6,8-9,11H2,1-3H3. The van der Waals surface area contributed by atoms with Gasteiger partial charge >= 0.3 is 0 Å². The summed E-state index contributed by atoms with van der Waals surface area (Å²) >= 11 is 0. The van der Waals surface area contributed by atoms with Gasteiger partial charge in [-0.25, -0.2) is 9.97 Å². The number of hydrogen-bond donors (Lipinski definition) is 0. The van der Waals surface area contributed by atoms with E-state index in [-0.39, 0.29) is 5.91 Å². The molecule has 3 heterocycles. The zero-order valence-corrected chi connectivity index (χ0v) is 14.5. The molecule has 1 amide bonds. The predicted octanol–water partition coefficient (Wildman–Crippen LogP) is 1.51. The summed E-state index contributed by atoms with van der Waals surface area (Å²) in [4.78, 5) is 25.2. The lowest BCUT2D eigenvalue weighted by Crippen LogP contribution is -2.39. The fraction of sp³-hybridized carbons (Fsp3) is 0.529. The van der Waals surface area contributed by atoms with E-state index in [1.807, 2.05) is 38.2 Å². The molecule has 0 aliphatic carbocycles. The van der Waals surface area contributed by atoms with Crippen molar-refractivity contribution in [3.8, 4) is 0 Å². The van der Waals surface area contributed by atoms with Crippen LogP contribution in [0.3, 0.4) is 0 Å². The molecule has 0 saturated carbocycles. The number of carbonyl (C=O) groups excluding carboxylic acids is 1. The molecule has 0 unspecified atom stereocenters. The van der Waals surface area contributed by atoms with Crippen LogP contribution in [-0.4, -0.2) is 57.2 Å². The topological polar surface area (TPSA) is 67.2 Å². The first-order valence-electron chi connectivity index (χ1n) is 8.31. The Bertz CT molecular complexity index is 705. The van der Waals surface area contributed by atoms with Gasteiger partial charge in [0, 0.05) is 46.1 Å². The molecule has 0 N–H and O–H groups in total. The van der Waals surface area contributed by atoms with Gasteiger partial charge in [0.25, 0.3) is 5.91 Å². The van der Waals surface area contributed by atoms with Crippen molar-refractivity contribution in [3.05, 3.63) is 36.0 Å². The Hall–Kier alpha value is -2.44. The number of rotatable bonds is 4. The third-order valence-corrected chi connectivity index (χ3v) is 4.53. The van der Waals surface area contributed by atoms with Crippen LogP contribution in [0.1, 0.15) is 29.0 Å². The van der Waals surface area contributed by atoms with Crippen LogP contribution in [0.25, 0.3) is 0 Å². The highest BCUT2D eigenvalue weighted by atomic mass is 16.2. The summed E-state index contributed by atoms with van der Waals surface area (Å²) in [6.45, 7) is 4.63. The Morgan fingerprint density at radius 1 is 1.38 bits per heavy atom. The summed E-state index contributed by atoms with van der Waals surface area (Å²) in [7, 11) is 3.69. The van der Waals surface area contributed by atoms with Crippen LogP contribution in [0, 0.1) is 12.8 Å². The molecular weight excluding hydrogens is 304 g/mol. The summed E-state index contributed by atoms with van der Waals surface area (Å²) in [6.07, 6.45) is 7.32. The minimum Gasteiger partial charge on any atom is -0.356 e. The molecule has 3 rings (SSSR count). The third-order valence-electron chi connectivity index (χ3n) is 4.53. The van der Waals surface area contributed by atoms with E-state index in [4.69, 9.17) is 0 Å². The molecular formula is C17H24N6O. The van der Waals surface area contributed by atoms with Gasteiger partial charge in [-0.05, 0) is 31.7 Å². The fourth-order valence-electron chi connectivity index (χ4n) is 3.19. The molecule has 1 aliphatic heterocycles. The highest BCUT2D eigenvalue weighted by molar-refractivity contribution is 5.93. The van der Waals surface area contributed by atoms with Crippen LogP contribution in [-0.2, 0) is 7.05 Å². The van der Waals surface area contributed by atoms with E-state index < -0.39 is 0 Å². The van der Waals surface area contributed by atoms with E-state index in [2.05, 4.69) is 20.0 Å². The van der Waals surface area contributed by atoms with Crippen LogP contribution >= 0.6 is 0 Å². The second-order valence-corrected chi connectivity index (χ2v) is 6.48. The van der Waals surface area contributed by atoms with Gasteiger partial charge in [-0.2, -0.15) is 5.10 Å². The lowest BCUT2D eigenvalue weighted by molar-refractivity contribution is 0.0765. The van der Waals surface area contributed by atoms with E-state index in [9.17, 15) is 4.79 Å². The predicted molar refractivity (Wildman–Crippen MR) is 91.9 cm³/mol. The zero-order chi connectivity index (χ0) is 17.1. The first kappa shape index (κ1) is 16.4. The largest absolute Gasteiger partial charge is 0.356 e. The maximum Gasteiger partial charge on any atom is 0.256 e. The number of aromatic nitrogens is 4. The molecule has 2 aromatic rings. The van der Waals surface area contributed by atoms with E-state index >= 15 is 0 Å². The van der Waals surface area contributed by atoms with Crippen molar-refractivity contribution in [2.24, 2.45) is 13.0 Å². The Kier molecular flexibility index (Phi) is 4.78. The van der Waals surface area contributed by atoms with Crippen molar-refractivity contribution in [2.75, 3.05) is 31.6 Å². The first-order valence-corrected chi connectivity index (χ1v) is 8.31. The normalized spacial score (nSPS) is 15.5. The lowest BCUT2D eigenvalue weighted by Gasteiger charge is -2.34. The minimum absolute atomic E-state index is 0.0388. The Morgan fingerprint density at radius 2 is 2.12 bits per heavy atom. The molecule has 7 nitrogen and oxygen atoms in total. The van der Waals surface area contributed by atoms with Crippen LogP contribution in [0.4, 0.5) is 5.82 Å². The van der Waals surface area contributed by atoms with E-state index in [1.165, 1.54) is 0 Å². The van der Waals surface area contributed by atoms with Crippen LogP contribution in [0.2, 0.25) is 0 Å². The molecule has 0 radical (unpaired) electrons. The monoisotopic (exact) mass is 328 g/mol. The number of anilines is 1. The Labute approximate surface area is 142 Å². The zero-order valence-electron chi connectivity index (χ0n) is 14.5. The Balaban J connectivity index is 1.52. The molecule has 128 valence electrons. The molecule has 1 fully saturated rings. The Morgan fingerprint density at radius 3 is 2.75 bits per heavy atom. The SMILES string of the molecule is Cc1nccc(N2CCC(CN(C)C(=O)c3cnn(C)c3)CC2)n1. The maximum atomic E-state index is 12.4. The molecule has 1 aliphatic rings.